The molecule has 1 atom stereocenters. The summed E-state index contributed by atoms with van der Waals surface area (Å²) in [5.41, 5.74) is 7.34. The van der Waals surface area contributed by atoms with Gasteiger partial charge < -0.3 is 11.1 Å². The quantitative estimate of drug-likeness (QED) is 0.809. The molecule has 0 spiro atoms. The van der Waals surface area contributed by atoms with Gasteiger partial charge in [0.25, 0.3) is 5.91 Å². The lowest BCUT2D eigenvalue weighted by Crippen LogP contribution is -2.25. The number of carbonyl (C=O) groups excluding carboxylic acids is 1. The van der Waals surface area contributed by atoms with E-state index in [4.69, 9.17) is 5.73 Å². The maximum Gasteiger partial charge on any atom is 0.265 e. The Balaban J connectivity index is 2.07. The minimum atomic E-state index is -0.171. The van der Waals surface area contributed by atoms with E-state index in [0.29, 0.717) is 10.6 Å². The highest BCUT2D eigenvalue weighted by molar-refractivity contribution is 7.07. The molecule has 5 nitrogen and oxygen atoms in total. The molecule has 0 aliphatic carbocycles. The molecule has 2 rings (SSSR count). The molecule has 88 valence electrons. The van der Waals surface area contributed by atoms with Crippen LogP contribution in [-0.2, 0) is 0 Å². The summed E-state index contributed by atoms with van der Waals surface area (Å²) >= 11 is 1.07. The molecule has 17 heavy (non-hydrogen) atoms. The van der Waals surface area contributed by atoms with E-state index in [2.05, 4.69) is 14.9 Å². The molecule has 6 heteroatoms. The first kappa shape index (κ1) is 11.5. The number of aromatic nitrogens is 2. The van der Waals surface area contributed by atoms with Gasteiger partial charge in [0, 0.05) is 5.69 Å². The third kappa shape index (κ3) is 2.79. The van der Waals surface area contributed by atoms with Crippen molar-refractivity contribution in [2.75, 3.05) is 5.73 Å². The maximum atomic E-state index is 11.8. The van der Waals surface area contributed by atoms with E-state index in [9.17, 15) is 4.79 Å². The van der Waals surface area contributed by atoms with Gasteiger partial charge in [0.15, 0.2) is 0 Å². The van der Waals surface area contributed by atoms with Crippen LogP contribution in [0.25, 0.3) is 0 Å². The summed E-state index contributed by atoms with van der Waals surface area (Å²) in [5, 5.41) is 6.49. The average Bonchev–Trinajstić information content (AvgIpc) is 2.82. The van der Waals surface area contributed by atoms with Gasteiger partial charge in [-0.1, -0.05) is 16.6 Å². The van der Waals surface area contributed by atoms with Gasteiger partial charge in [-0.3, -0.25) is 4.79 Å². The molecule has 0 fully saturated rings. The largest absolute Gasteiger partial charge is 0.399 e. The second-order valence-electron chi connectivity index (χ2n) is 3.65. The van der Waals surface area contributed by atoms with Gasteiger partial charge in [0.05, 0.1) is 12.2 Å². The second-order valence-corrected chi connectivity index (χ2v) is 4.43. The molecular weight excluding hydrogens is 236 g/mol. The monoisotopic (exact) mass is 248 g/mol. The number of nitrogens with one attached hydrogen (secondary N) is 1. The maximum absolute atomic E-state index is 11.8. The van der Waals surface area contributed by atoms with Crippen LogP contribution < -0.4 is 11.1 Å². The number of amides is 1. The van der Waals surface area contributed by atoms with Crippen molar-refractivity contribution < 1.29 is 4.79 Å². The first-order chi connectivity index (χ1) is 8.16. The van der Waals surface area contributed by atoms with Crippen molar-refractivity contribution in [2.45, 2.75) is 13.0 Å². The molecule has 1 aromatic carbocycles. The van der Waals surface area contributed by atoms with Gasteiger partial charge in [0.1, 0.15) is 4.88 Å². The number of carbonyl (C=O) groups is 1. The van der Waals surface area contributed by atoms with Gasteiger partial charge in [-0.15, -0.1) is 5.10 Å². The number of anilines is 1. The summed E-state index contributed by atoms with van der Waals surface area (Å²) in [6.07, 6.45) is 1.45. The summed E-state index contributed by atoms with van der Waals surface area (Å²) in [5.74, 6) is -0.171. The van der Waals surface area contributed by atoms with E-state index >= 15 is 0 Å². The molecular formula is C11H12N4OS. The predicted molar refractivity (Wildman–Crippen MR) is 66.6 cm³/mol. The minimum Gasteiger partial charge on any atom is -0.399 e. The fourth-order valence-electron chi connectivity index (χ4n) is 1.45. The molecule has 3 N–H and O–H groups in total. The van der Waals surface area contributed by atoms with Crippen LogP contribution in [0.15, 0.2) is 30.5 Å². The van der Waals surface area contributed by atoms with E-state index in [1.165, 1.54) is 6.20 Å². The molecule has 0 saturated carbocycles. The number of rotatable bonds is 3. The molecule has 0 saturated heterocycles. The third-order valence-corrected chi connectivity index (χ3v) is 3.01. The Labute approximate surface area is 103 Å². The standard InChI is InChI=1S/C11H12N4OS/c1-7(8-3-2-4-9(12)5-8)14-11(16)10-6-13-15-17-10/h2-7H,12H2,1H3,(H,14,16). The van der Waals surface area contributed by atoms with Crippen LogP contribution in [0.4, 0.5) is 5.69 Å². The van der Waals surface area contributed by atoms with E-state index < -0.39 is 0 Å². The highest BCUT2D eigenvalue weighted by atomic mass is 32.1. The van der Waals surface area contributed by atoms with Crippen molar-refractivity contribution in [3.63, 3.8) is 0 Å². The Hall–Kier alpha value is -1.95. The van der Waals surface area contributed by atoms with Gasteiger partial charge in [-0.25, -0.2) is 0 Å². The zero-order chi connectivity index (χ0) is 12.3. The van der Waals surface area contributed by atoms with E-state index in [0.717, 1.165) is 17.1 Å². The predicted octanol–water partition coefficient (Wildman–Crippen LogP) is 1.61. The van der Waals surface area contributed by atoms with Gasteiger partial charge in [-0.05, 0) is 36.2 Å². The number of benzene rings is 1. The molecule has 1 aromatic heterocycles. The van der Waals surface area contributed by atoms with Crippen LogP contribution >= 0.6 is 11.5 Å². The number of nitrogens with zero attached hydrogens (tertiary/aromatic N) is 2. The van der Waals surface area contributed by atoms with Gasteiger partial charge >= 0.3 is 0 Å². The average molecular weight is 248 g/mol. The third-order valence-electron chi connectivity index (χ3n) is 2.34. The molecule has 0 radical (unpaired) electrons. The molecule has 0 bridgehead atoms. The van der Waals surface area contributed by atoms with Crippen molar-refractivity contribution in [1.29, 1.82) is 0 Å². The normalized spacial score (nSPS) is 12.1. The Morgan fingerprint density at radius 2 is 2.35 bits per heavy atom. The van der Waals surface area contributed by atoms with Gasteiger partial charge in [-0.2, -0.15) is 0 Å². The number of nitrogen functional groups attached to an aromatic ring is 1. The smallest absolute Gasteiger partial charge is 0.265 e. The van der Waals surface area contributed by atoms with E-state index in [1.807, 2.05) is 31.2 Å². The topological polar surface area (TPSA) is 80.9 Å². The lowest BCUT2D eigenvalue weighted by molar-refractivity contribution is 0.0944. The molecule has 0 aliphatic heterocycles. The zero-order valence-electron chi connectivity index (χ0n) is 9.25. The van der Waals surface area contributed by atoms with Crippen molar-refractivity contribution in [3.05, 3.63) is 40.9 Å². The Bertz CT molecular complexity index is 512. The zero-order valence-corrected chi connectivity index (χ0v) is 10.1. The van der Waals surface area contributed by atoms with E-state index in [1.54, 1.807) is 0 Å². The summed E-state index contributed by atoms with van der Waals surface area (Å²) in [6.45, 7) is 1.90. The van der Waals surface area contributed by atoms with E-state index in [-0.39, 0.29) is 11.9 Å². The van der Waals surface area contributed by atoms with Crippen LogP contribution in [0, 0.1) is 0 Å². The molecule has 2 aromatic rings. The molecule has 1 amide bonds. The fourth-order valence-corrected chi connectivity index (χ4v) is 1.87. The first-order valence-corrected chi connectivity index (χ1v) is 5.88. The Morgan fingerprint density at radius 3 is 3.00 bits per heavy atom. The molecule has 1 heterocycles. The first-order valence-electron chi connectivity index (χ1n) is 5.10. The summed E-state index contributed by atoms with van der Waals surface area (Å²) in [7, 11) is 0. The highest BCUT2D eigenvalue weighted by Crippen LogP contribution is 2.16. The molecule has 1 unspecified atom stereocenters. The van der Waals surface area contributed by atoms with Crippen molar-refractivity contribution in [2.24, 2.45) is 0 Å². The van der Waals surface area contributed by atoms with Crippen molar-refractivity contribution in [1.82, 2.24) is 14.9 Å². The number of hydrogen-bond acceptors (Lipinski definition) is 5. The Morgan fingerprint density at radius 1 is 1.53 bits per heavy atom. The number of hydrogen-bond donors (Lipinski definition) is 2. The van der Waals surface area contributed by atoms with Crippen LogP contribution in [0.3, 0.4) is 0 Å². The van der Waals surface area contributed by atoms with Crippen LogP contribution in [0.2, 0.25) is 0 Å². The number of nitrogens with two attached hydrogens (primary N) is 1. The lowest BCUT2D eigenvalue weighted by Gasteiger charge is -2.13. The van der Waals surface area contributed by atoms with Crippen LogP contribution in [-0.4, -0.2) is 15.5 Å². The van der Waals surface area contributed by atoms with Crippen molar-refractivity contribution >= 4 is 23.1 Å². The summed E-state index contributed by atoms with van der Waals surface area (Å²) < 4.78 is 3.65. The molecule has 0 aliphatic rings. The van der Waals surface area contributed by atoms with Crippen LogP contribution in [0.1, 0.15) is 28.2 Å². The Kier molecular flexibility index (Phi) is 3.34. The lowest BCUT2D eigenvalue weighted by atomic mass is 10.1. The van der Waals surface area contributed by atoms with Crippen molar-refractivity contribution in [3.8, 4) is 0 Å². The second kappa shape index (κ2) is 4.92. The minimum absolute atomic E-state index is 0.104. The SMILES string of the molecule is CC(NC(=O)c1cnns1)c1cccc(N)c1. The van der Waals surface area contributed by atoms with Crippen LogP contribution in [0.5, 0.6) is 0 Å². The van der Waals surface area contributed by atoms with Gasteiger partial charge in [0.2, 0.25) is 0 Å². The highest BCUT2D eigenvalue weighted by Gasteiger charge is 2.13. The summed E-state index contributed by atoms with van der Waals surface area (Å²) in [4.78, 5) is 12.3. The fraction of sp³-hybridized carbons (Fsp3) is 0.182. The summed E-state index contributed by atoms with van der Waals surface area (Å²) in [6, 6.07) is 7.34.